The van der Waals surface area contributed by atoms with Crippen molar-refractivity contribution in [1.82, 2.24) is 4.98 Å². The fraction of sp³-hybridized carbons (Fsp3) is 0.381. The summed E-state index contributed by atoms with van der Waals surface area (Å²) in [5.74, 6) is 0.767. The van der Waals surface area contributed by atoms with Crippen LogP contribution in [0.5, 0.6) is 11.5 Å². The lowest BCUT2D eigenvalue weighted by Crippen LogP contribution is -2.08. The molecule has 0 aliphatic heterocycles. The molecule has 0 saturated heterocycles. The average Bonchev–Trinajstić information content (AvgIpc) is 2.69. The van der Waals surface area contributed by atoms with Crippen LogP contribution in [-0.2, 0) is 6.42 Å². The Balaban J connectivity index is 2.04. The van der Waals surface area contributed by atoms with Gasteiger partial charge in [0.1, 0.15) is 10.8 Å². The van der Waals surface area contributed by atoms with Crippen LogP contribution >= 0.6 is 11.6 Å². The molecule has 0 N–H and O–H groups in total. The molecule has 144 valence electrons. The number of halogens is 1. The third-order valence-corrected chi connectivity index (χ3v) is 4.27. The van der Waals surface area contributed by atoms with Crippen LogP contribution in [-0.4, -0.2) is 30.3 Å². The van der Waals surface area contributed by atoms with E-state index >= 15 is 0 Å². The largest absolute Gasteiger partial charge is 0.493 e. The second-order valence-corrected chi connectivity index (χ2v) is 6.48. The predicted molar refractivity (Wildman–Crippen MR) is 105 cm³/mol. The molecule has 0 saturated carbocycles. The van der Waals surface area contributed by atoms with Gasteiger partial charge in [0.2, 0.25) is 0 Å². The number of Topliss-reactive ketones (excluding diaryl/α,β-unsaturated/α-hetero) is 2. The molecule has 6 heteroatoms. The zero-order valence-corrected chi connectivity index (χ0v) is 16.6. The van der Waals surface area contributed by atoms with Crippen molar-refractivity contribution in [3.8, 4) is 11.5 Å². The summed E-state index contributed by atoms with van der Waals surface area (Å²) in [6, 6.07) is 8.51. The van der Waals surface area contributed by atoms with E-state index < -0.39 is 0 Å². The molecule has 0 spiro atoms. The first kappa shape index (κ1) is 20.9. The number of nitrogens with zero attached hydrogens (tertiary/aromatic N) is 1. The molecule has 1 aromatic carbocycles. The van der Waals surface area contributed by atoms with Crippen LogP contribution in [0, 0.1) is 0 Å². The second kappa shape index (κ2) is 10.1. The summed E-state index contributed by atoms with van der Waals surface area (Å²) in [7, 11) is 1.53. The molecular formula is C21H24ClNO4. The zero-order valence-electron chi connectivity index (χ0n) is 15.9. The maximum absolute atomic E-state index is 12.5. The Morgan fingerprint density at radius 2 is 1.78 bits per heavy atom. The van der Waals surface area contributed by atoms with E-state index in [0.717, 1.165) is 18.4 Å². The average molecular weight is 390 g/mol. The molecule has 0 amide bonds. The zero-order chi connectivity index (χ0) is 19.8. The molecule has 2 aromatic rings. The molecule has 1 aromatic heterocycles. The summed E-state index contributed by atoms with van der Waals surface area (Å²) >= 11 is 5.96. The van der Waals surface area contributed by atoms with Crippen molar-refractivity contribution in [2.45, 2.75) is 39.5 Å². The summed E-state index contributed by atoms with van der Waals surface area (Å²) in [6.45, 7) is 4.56. The van der Waals surface area contributed by atoms with Crippen LogP contribution in [0.4, 0.5) is 0 Å². The van der Waals surface area contributed by atoms with Crippen molar-refractivity contribution in [3.05, 3.63) is 52.3 Å². The molecule has 1 heterocycles. The predicted octanol–water partition coefficient (Wildman–Crippen LogP) is 4.94. The SMILES string of the molecule is CCCOc1ccc(C(=O)CCC(=O)c2cc(CC)cc(Cl)n2)cc1OC. The highest BCUT2D eigenvalue weighted by atomic mass is 35.5. The van der Waals surface area contributed by atoms with E-state index in [1.807, 2.05) is 13.8 Å². The third-order valence-electron chi connectivity index (χ3n) is 4.07. The molecule has 27 heavy (non-hydrogen) atoms. The van der Waals surface area contributed by atoms with E-state index in [4.69, 9.17) is 21.1 Å². The number of benzene rings is 1. The van der Waals surface area contributed by atoms with Crippen LogP contribution in [0.25, 0.3) is 0 Å². The summed E-state index contributed by atoms with van der Waals surface area (Å²) in [4.78, 5) is 28.9. The van der Waals surface area contributed by atoms with Crippen molar-refractivity contribution >= 4 is 23.2 Å². The van der Waals surface area contributed by atoms with E-state index in [9.17, 15) is 9.59 Å². The number of ether oxygens (including phenoxy) is 2. The summed E-state index contributed by atoms with van der Waals surface area (Å²) in [5, 5.41) is 0.288. The van der Waals surface area contributed by atoms with Crippen molar-refractivity contribution in [2.75, 3.05) is 13.7 Å². The van der Waals surface area contributed by atoms with E-state index in [-0.39, 0.29) is 29.6 Å². The van der Waals surface area contributed by atoms with Crippen LogP contribution in [0.1, 0.15) is 59.5 Å². The second-order valence-electron chi connectivity index (χ2n) is 6.10. The number of hydrogen-bond donors (Lipinski definition) is 0. The third kappa shape index (κ3) is 5.79. The number of carbonyl (C=O) groups excluding carboxylic acids is 2. The Bertz CT molecular complexity index is 820. The van der Waals surface area contributed by atoms with Gasteiger partial charge in [-0.15, -0.1) is 0 Å². The van der Waals surface area contributed by atoms with E-state index in [0.29, 0.717) is 29.4 Å². The van der Waals surface area contributed by atoms with Gasteiger partial charge in [-0.05, 0) is 48.7 Å². The van der Waals surface area contributed by atoms with Gasteiger partial charge in [0.05, 0.1) is 13.7 Å². The van der Waals surface area contributed by atoms with Crippen molar-refractivity contribution < 1.29 is 19.1 Å². The summed E-state index contributed by atoms with van der Waals surface area (Å²) in [5.41, 5.74) is 1.72. The molecule has 0 unspecified atom stereocenters. The van der Waals surface area contributed by atoms with Gasteiger partial charge >= 0.3 is 0 Å². The number of methoxy groups -OCH3 is 1. The number of aromatic nitrogens is 1. The van der Waals surface area contributed by atoms with E-state index in [1.54, 1.807) is 30.3 Å². The van der Waals surface area contributed by atoms with Crippen molar-refractivity contribution in [1.29, 1.82) is 0 Å². The first-order valence-corrected chi connectivity index (χ1v) is 9.40. The molecule has 2 rings (SSSR count). The first-order valence-electron chi connectivity index (χ1n) is 9.02. The van der Waals surface area contributed by atoms with Gasteiger partial charge in [-0.2, -0.15) is 0 Å². The monoisotopic (exact) mass is 389 g/mol. The molecular weight excluding hydrogens is 366 g/mol. The van der Waals surface area contributed by atoms with Gasteiger partial charge in [0.15, 0.2) is 23.1 Å². The Hall–Kier alpha value is -2.40. The molecule has 0 fully saturated rings. The fourth-order valence-corrected chi connectivity index (χ4v) is 2.80. The van der Waals surface area contributed by atoms with E-state index in [2.05, 4.69) is 4.98 Å². The number of carbonyl (C=O) groups is 2. The lowest BCUT2D eigenvalue weighted by atomic mass is 10.0. The minimum atomic E-state index is -0.199. The lowest BCUT2D eigenvalue weighted by molar-refractivity contribution is 0.0914. The standard InChI is InChI=1S/C21H24ClNO4/c1-4-10-27-19-9-6-15(13-20(19)26-3)17(24)7-8-18(25)16-11-14(5-2)12-21(22)23-16/h6,9,11-13H,4-5,7-8,10H2,1-3H3. The Morgan fingerprint density at radius 1 is 1.04 bits per heavy atom. The van der Waals surface area contributed by atoms with Gasteiger partial charge in [0.25, 0.3) is 0 Å². The molecule has 0 radical (unpaired) electrons. The highest BCUT2D eigenvalue weighted by Gasteiger charge is 2.15. The number of pyridine rings is 1. The fourth-order valence-electron chi connectivity index (χ4n) is 2.57. The number of rotatable bonds is 10. The highest BCUT2D eigenvalue weighted by Crippen LogP contribution is 2.29. The molecule has 5 nitrogen and oxygen atoms in total. The molecule has 0 atom stereocenters. The van der Waals surface area contributed by atoms with Crippen LogP contribution in [0.15, 0.2) is 30.3 Å². The minimum absolute atomic E-state index is 0.0751. The molecule has 0 aliphatic rings. The van der Waals surface area contributed by atoms with Crippen LogP contribution in [0.2, 0.25) is 5.15 Å². The minimum Gasteiger partial charge on any atom is -0.493 e. The topological polar surface area (TPSA) is 65.5 Å². The van der Waals surface area contributed by atoms with Gasteiger partial charge < -0.3 is 9.47 Å². The summed E-state index contributed by atoms with van der Waals surface area (Å²) < 4.78 is 10.9. The Kier molecular flexibility index (Phi) is 7.80. The maximum atomic E-state index is 12.5. The van der Waals surface area contributed by atoms with E-state index in [1.165, 1.54) is 7.11 Å². The smallest absolute Gasteiger partial charge is 0.181 e. The van der Waals surface area contributed by atoms with Gasteiger partial charge in [0, 0.05) is 18.4 Å². The first-order chi connectivity index (χ1) is 13.0. The van der Waals surface area contributed by atoms with Crippen LogP contribution in [0.3, 0.4) is 0 Å². The summed E-state index contributed by atoms with van der Waals surface area (Å²) in [6.07, 6.45) is 1.80. The van der Waals surface area contributed by atoms with Gasteiger partial charge in [-0.25, -0.2) is 4.98 Å². The van der Waals surface area contributed by atoms with Gasteiger partial charge in [-0.1, -0.05) is 25.4 Å². The molecule has 0 aliphatic carbocycles. The van der Waals surface area contributed by atoms with Crippen LogP contribution < -0.4 is 9.47 Å². The molecule has 0 bridgehead atoms. The Morgan fingerprint density at radius 3 is 2.44 bits per heavy atom. The highest BCUT2D eigenvalue weighted by molar-refractivity contribution is 6.29. The normalized spacial score (nSPS) is 10.5. The Labute approximate surface area is 164 Å². The number of hydrogen-bond acceptors (Lipinski definition) is 5. The van der Waals surface area contributed by atoms with Crippen molar-refractivity contribution in [3.63, 3.8) is 0 Å². The lowest BCUT2D eigenvalue weighted by Gasteiger charge is -2.11. The number of ketones is 2. The van der Waals surface area contributed by atoms with Crippen molar-refractivity contribution in [2.24, 2.45) is 0 Å². The maximum Gasteiger partial charge on any atom is 0.181 e. The number of aryl methyl sites for hydroxylation is 1. The van der Waals surface area contributed by atoms with Gasteiger partial charge in [-0.3, -0.25) is 9.59 Å². The quantitative estimate of drug-likeness (QED) is 0.425.